The second kappa shape index (κ2) is 6.36. The summed E-state index contributed by atoms with van der Waals surface area (Å²) in [6.07, 6.45) is 4.56. The maximum atomic E-state index is 5.65. The fourth-order valence-corrected chi connectivity index (χ4v) is 2.32. The Morgan fingerprint density at radius 3 is 2.86 bits per heavy atom. The van der Waals surface area contributed by atoms with Crippen LogP contribution in [0, 0.1) is 0 Å². The standard InChI is InChI=1S/C11H21NOS/c1-9(2)14-8-10(12-3)11-6-4-5-7-13-11/h6,9-10,12H,4-5,7-8H2,1-3H3. The molecule has 1 rings (SSSR count). The average Bonchev–Trinajstić information content (AvgIpc) is 2.20. The number of rotatable bonds is 5. The Bertz CT molecular complexity index is 192. The summed E-state index contributed by atoms with van der Waals surface area (Å²) in [4.78, 5) is 0. The van der Waals surface area contributed by atoms with Crippen molar-refractivity contribution in [3.63, 3.8) is 0 Å². The molecule has 1 atom stereocenters. The van der Waals surface area contributed by atoms with E-state index in [1.54, 1.807) is 0 Å². The first-order chi connectivity index (χ1) is 6.74. The van der Waals surface area contributed by atoms with Gasteiger partial charge in [-0.25, -0.2) is 0 Å². The molecule has 1 heterocycles. The van der Waals surface area contributed by atoms with Crippen LogP contribution in [0.1, 0.15) is 26.7 Å². The molecule has 0 bridgehead atoms. The van der Waals surface area contributed by atoms with E-state index in [4.69, 9.17) is 4.74 Å². The van der Waals surface area contributed by atoms with Crippen molar-refractivity contribution in [2.45, 2.75) is 38.0 Å². The molecule has 0 aromatic carbocycles. The minimum atomic E-state index is 0.391. The lowest BCUT2D eigenvalue weighted by Crippen LogP contribution is -2.32. The van der Waals surface area contributed by atoms with Crippen molar-refractivity contribution < 1.29 is 4.74 Å². The zero-order valence-corrected chi connectivity index (χ0v) is 10.2. The maximum Gasteiger partial charge on any atom is 0.110 e. The highest BCUT2D eigenvalue weighted by molar-refractivity contribution is 7.99. The number of thioether (sulfide) groups is 1. The fourth-order valence-electron chi connectivity index (χ4n) is 1.42. The third kappa shape index (κ3) is 3.93. The molecule has 0 aliphatic carbocycles. The van der Waals surface area contributed by atoms with Gasteiger partial charge >= 0.3 is 0 Å². The number of allylic oxidation sites excluding steroid dienone is 1. The predicted molar refractivity (Wildman–Crippen MR) is 63.7 cm³/mol. The first-order valence-corrected chi connectivity index (χ1v) is 6.40. The molecule has 14 heavy (non-hydrogen) atoms. The molecule has 1 aliphatic heterocycles. The van der Waals surface area contributed by atoms with Gasteiger partial charge in [0.15, 0.2) is 0 Å². The molecule has 0 saturated heterocycles. The number of hydrogen-bond acceptors (Lipinski definition) is 3. The van der Waals surface area contributed by atoms with Crippen LogP contribution in [0.2, 0.25) is 0 Å². The summed E-state index contributed by atoms with van der Waals surface area (Å²) in [7, 11) is 2.00. The molecule has 1 unspecified atom stereocenters. The van der Waals surface area contributed by atoms with Crippen LogP contribution in [0.25, 0.3) is 0 Å². The van der Waals surface area contributed by atoms with E-state index in [-0.39, 0.29) is 0 Å². The van der Waals surface area contributed by atoms with Crippen molar-refractivity contribution in [2.75, 3.05) is 19.4 Å². The van der Waals surface area contributed by atoms with Crippen LogP contribution in [0.4, 0.5) is 0 Å². The average molecular weight is 215 g/mol. The Kier molecular flexibility index (Phi) is 5.41. The summed E-state index contributed by atoms with van der Waals surface area (Å²) in [5, 5.41) is 4.00. The Labute approximate surface area is 91.5 Å². The zero-order chi connectivity index (χ0) is 10.4. The molecule has 3 heteroatoms. The predicted octanol–water partition coefficient (Wildman–Crippen LogP) is 2.41. The summed E-state index contributed by atoms with van der Waals surface area (Å²) in [5.74, 6) is 2.24. The second-order valence-electron chi connectivity index (χ2n) is 3.82. The van der Waals surface area contributed by atoms with Crippen LogP contribution in [0.3, 0.4) is 0 Å². The molecule has 0 radical (unpaired) electrons. The van der Waals surface area contributed by atoms with Gasteiger partial charge in [-0.05, 0) is 31.2 Å². The van der Waals surface area contributed by atoms with E-state index in [2.05, 4.69) is 25.2 Å². The lowest BCUT2D eigenvalue weighted by atomic mass is 10.2. The minimum absolute atomic E-state index is 0.391. The maximum absolute atomic E-state index is 5.65. The second-order valence-corrected chi connectivity index (χ2v) is 5.43. The van der Waals surface area contributed by atoms with E-state index in [0.29, 0.717) is 11.3 Å². The van der Waals surface area contributed by atoms with Gasteiger partial charge in [-0.1, -0.05) is 13.8 Å². The van der Waals surface area contributed by atoms with Crippen molar-refractivity contribution in [3.8, 4) is 0 Å². The molecule has 1 N–H and O–H groups in total. The van der Waals surface area contributed by atoms with Gasteiger partial charge < -0.3 is 10.1 Å². The van der Waals surface area contributed by atoms with Gasteiger partial charge in [0.2, 0.25) is 0 Å². The lowest BCUT2D eigenvalue weighted by Gasteiger charge is -2.23. The summed E-state index contributed by atoms with van der Waals surface area (Å²) >= 11 is 1.97. The molecule has 0 amide bonds. The van der Waals surface area contributed by atoms with Gasteiger partial charge in [-0.3, -0.25) is 0 Å². The molecule has 0 aromatic rings. The van der Waals surface area contributed by atoms with E-state index in [1.165, 1.54) is 6.42 Å². The van der Waals surface area contributed by atoms with Gasteiger partial charge in [-0.2, -0.15) is 11.8 Å². The highest BCUT2D eigenvalue weighted by atomic mass is 32.2. The van der Waals surface area contributed by atoms with Gasteiger partial charge in [0, 0.05) is 5.75 Å². The van der Waals surface area contributed by atoms with E-state index in [9.17, 15) is 0 Å². The molecule has 1 aliphatic rings. The third-order valence-corrected chi connectivity index (χ3v) is 3.44. The fraction of sp³-hybridized carbons (Fsp3) is 0.818. The molecule has 0 spiro atoms. The van der Waals surface area contributed by atoms with Crippen LogP contribution in [-0.4, -0.2) is 30.7 Å². The normalized spacial score (nSPS) is 19.0. The van der Waals surface area contributed by atoms with Crippen molar-refractivity contribution in [1.82, 2.24) is 5.32 Å². The molecule has 0 aromatic heterocycles. The highest BCUT2D eigenvalue weighted by Crippen LogP contribution is 2.19. The van der Waals surface area contributed by atoms with Gasteiger partial charge in [0.25, 0.3) is 0 Å². The SMILES string of the molecule is CNC(CSC(C)C)C1=CCCCO1. The van der Waals surface area contributed by atoms with E-state index < -0.39 is 0 Å². The first kappa shape index (κ1) is 11.9. The van der Waals surface area contributed by atoms with Gasteiger partial charge in [0.05, 0.1) is 12.6 Å². The van der Waals surface area contributed by atoms with Gasteiger partial charge in [-0.15, -0.1) is 0 Å². The Hall–Kier alpha value is -0.150. The van der Waals surface area contributed by atoms with Crippen LogP contribution in [0.5, 0.6) is 0 Å². The van der Waals surface area contributed by atoms with Crippen LogP contribution in [0.15, 0.2) is 11.8 Å². The zero-order valence-electron chi connectivity index (χ0n) is 9.38. The van der Waals surface area contributed by atoms with Crippen LogP contribution in [-0.2, 0) is 4.74 Å². The quantitative estimate of drug-likeness (QED) is 0.761. The summed E-state index contributed by atoms with van der Waals surface area (Å²) in [6.45, 7) is 5.34. The lowest BCUT2D eigenvalue weighted by molar-refractivity contribution is 0.173. The number of likely N-dealkylation sites (N-methyl/N-ethyl adjacent to an activating group) is 1. The summed E-state index contributed by atoms with van der Waals surface area (Å²) in [6, 6.07) is 0.391. The third-order valence-electron chi connectivity index (χ3n) is 2.25. The monoisotopic (exact) mass is 215 g/mol. The van der Waals surface area contributed by atoms with E-state index >= 15 is 0 Å². The van der Waals surface area contributed by atoms with Gasteiger partial charge in [0.1, 0.15) is 5.76 Å². The molecule has 0 saturated carbocycles. The Morgan fingerprint density at radius 1 is 1.57 bits per heavy atom. The Morgan fingerprint density at radius 2 is 2.36 bits per heavy atom. The molecule has 0 fully saturated rings. The van der Waals surface area contributed by atoms with Crippen LogP contribution >= 0.6 is 11.8 Å². The molecular formula is C11H21NOS. The van der Waals surface area contributed by atoms with E-state index in [0.717, 1.165) is 24.5 Å². The Balaban J connectivity index is 2.39. The highest BCUT2D eigenvalue weighted by Gasteiger charge is 2.16. The largest absolute Gasteiger partial charge is 0.497 e. The summed E-state index contributed by atoms with van der Waals surface area (Å²) < 4.78 is 5.65. The minimum Gasteiger partial charge on any atom is -0.497 e. The molecule has 82 valence electrons. The smallest absolute Gasteiger partial charge is 0.110 e. The topological polar surface area (TPSA) is 21.3 Å². The number of hydrogen-bond donors (Lipinski definition) is 1. The molecule has 2 nitrogen and oxygen atoms in total. The number of ether oxygens (including phenoxy) is 1. The van der Waals surface area contributed by atoms with Crippen molar-refractivity contribution in [3.05, 3.63) is 11.8 Å². The summed E-state index contributed by atoms with van der Waals surface area (Å²) in [5.41, 5.74) is 0. The van der Waals surface area contributed by atoms with Crippen molar-refractivity contribution >= 4 is 11.8 Å². The van der Waals surface area contributed by atoms with Crippen molar-refractivity contribution in [2.24, 2.45) is 0 Å². The van der Waals surface area contributed by atoms with E-state index in [1.807, 2.05) is 18.8 Å². The van der Waals surface area contributed by atoms with Crippen molar-refractivity contribution in [1.29, 1.82) is 0 Å². The number of nitrogens with one attached hydrogen (secondary N) is 1. The first-order valence-electron chi connectivity index (χ1n) is 5.35. The van der Waals surface area contributed by atoms with Crippen LogP contribution < -0.4 is 5.32 Å². The molecular weight excluding hydrogens is 194 g/mol.